The number of thiazole rings is 1. The highest BCUT2D eigenvalue weighted by atomic mass is 32.1. The van der Waals surface area contributed by atoms with Gasteiger partial charge in [0, 0.05) is 6.42 Å². The average molecular weight is 289 g/mol. The number of Topliss-reactive ketones (excluding diaryl/α,β-unsaturated/α-hetero) is 1. The second-order valence-corrected chi connectivity index (χ2v) is 5.37. The Morgan fingerprint density at radius 2 is 1.90 bits per heavy atom. The number of ketones is 1. The monoisotopic (exact) mass is 289 g/mol. The van der Waals surface area contributed by atoms with Crippen LogP contribution in [0.15, 0.2) is 42.5 Å². The van der Waals surface area contributed by atoms with Crippen molar-refractivity contribution in [2.45, 2.75) is 6.42 Å². The molecule has 1 heterocycles. The van der Waals surface area contributed by atoms with Gasteiger partial charge in [-0.05, 0) is 29.8 Å². The van der Waals surface area contributed by atoms with Gasteiger partial charge < -0.3 is 0 Å². The van der Waals surface area contributed by atoms with Crippen LogP contribution in [0.25, 0.3) is 10.2 Å². The fourth-order valence-corrected chi connectivity index (χ4v) is 2.81. The molecule has 3 aromatic rings. The number of hydrogen-bond acceptors (Lipinski definition) is 3. The van der Waals surface area contributed by atoms with E-state index in [9.17, 15) is 13.6 Å². The molecule has 0 aliphatic rings. The van der Waals surface area contributed by atoms with Gasteiger partial charge in [-0.15, -0.1) is 11.3 Å². The minimum Gasteiger partial charge on any atom is -0.291 e. The number of para-hydroxylation sites is 1. The zero-order chi connectivity index (χ0) is 14.1. The third-order valence-electron chi connectivity index (χ3n) is 2.88. The van der Waals surface area contributed by atoms with Crippen LogP contribution >= 0.6 is 11.3 Å². The van der Waals surface area contributed by atoms with Crippen molar-refractivity contribution in [3.63, 3.8) is 0 Å². The second kappa shape index (κ2) is 5.09. The molecule has 2 aromatic carbocycles. The molecule has 0 N–H and O–H groups in total. The molecule has 100 valence electrons. The van der Waals surface area contributed by atoms with Gasteiger partial charge in [-0.3, -0.25) is 4.79 Å². The summed E-state index contributed by atoms with van der Waals surface area (Å²) < 4.78 is 26.9. The van der Waals surface area contributed by atoms with E-state index in [0.717, 1.165) is 22.3 Å². The molecule has 0 radical (unpaired) electrons. The molecular formula is C15H9F2NOS. The molecule has 0 saturated carbocycles. The topological polar surface area (TPSA) is 30.0 Å². The van der Waals surface area contributed by atoms with E-state index in [0.29, 0.717) is 10.6 Å². The van der Waals surface area contributed by atoms with Crippen LogP contribution in [0, 0.1) is 11.6 Å². The summed E-state index contributed by atoms with van der Waals surface area (Å²) in [6, 6.07) is 10.9. The molecular weight excluding hydrogens is 280 g/mol. The van der Waals surface area contributed by atoms with Crippen molar-refractivity contribution in [2.75, 3.05) is 0 Å². The first kappa shape index (κ1) is 12.9. The standard InChI is InChI=1S/C15H9F2NOS/c16-10-6-5-9(7-11(10)17)8-13(19)15-18-12-3-1-2-4-14(12)20-15/h1-7H,8H2. The number of fused-ring (bicyclic) bond motifs is 1. The van der Waals surface area contributed by atoms with Crippen LogP contribution in [0.5, 0.6) is 0 Å². The van der Waals surface area contributed by atoms with Gasteiger partial charge in [0.25, 0.3) is 0 Å². The van der Waals surface area contributed by atoms with Crippen LogP contribution in [-0.4, -0.2) is 10.8 Å². The summed E-state index contributed by atoms with van der Waals surface area (Å²) in [5, 5.41) is 0.385. The van der Waals surface area contributed by atoms with E-state index in [1.807, 2.05) is 24.3 Å². The van der Waals surface area contributed by atoms with Gasteiger partial charge in [-0.1, -0.05) is 18.2 Å². The highest BCUT2D eigenvalue weighted by molar-refractivity contribution is 7.20. The normalized spacial score (nSPS) is 10.9. The average Bonchev–Trinajstić information content (AvgIpc) is 2.87. The van der Waals surface area contributed by atoms with Crippen LogP contribution < -0.4 is 0 Å². The van der Waals surface area contributed by atoms with Crippen molar-refractivity contribution in [3.05, 3.63) is 64.7 Å². The molecule has 0 atom stereocenters. The van der Waals surface area contributed by atoms with Gasteiger partial charge in [0.2, 0.25) is 0 Å². The Labute approximate surface area is 117 Å². The van der Waals surface area contributed by atoms with Crippen molar-refractivity contribution < 1.29 is 13.6 Å². The Morgan fingerprint density at radius 3 is 2.65 bits per heavy atom. The van der Waals surface area contributed by atoms with Gasteiger partial charge in [-0.2, -0.15) is 0 Å². The first-order valence-electron chi connectivity index (χ1n) is 5.96. The number of rotatable bonds is 3. The third-order valence-corrected chi connectivity index (χ3v) is 3.96. The lowest BCUT2D eigenvalue weighted by Crippen LogP contribution is -2.03. The maximum Gasteiger partial charge on any atom is 0.195 e. The number of halogens is 2. The fourth-order valence-electron chi connectivity index (χ4n) is 1.90. The molecule has 20 heavy (non-hydrogen) atoms. The Morgan fingerprint density at radius 1 is 1.10 bits per heavy atom. The molecule has 5 heteroatoms. The van der Waals surface area contributed by atoms with Crippen molar-refractivity contribution in [1.29, 1.82) is 0 Å². The van der Waals surface area contributed by atoms with E-state index in [1.165, 1.54) is 17.4 Å². The number of carbonyl (C=O) groups is 1. The highest BCUT2D eigenvalue weighted by Crippen LogP contribution is 2.23. The summed E-state index contributed by atoms with van der Waals surface area (Å²) in [4.78, 5) is 16.4. The quantitative estimate of drug-likeness (QED) is 0.682. The van der Waals surface area contributed by atoms with Crippen LogP contribution in [-0.2, 0) is 6.42 Å². The molecule has 0 bridgehead atoms. The van der Waals surface area contributed by atoms with Gasteiger partial charge >= 0.3 is 0 Å². The lowest BCUT2D eigenvalue weighted by atomic mass is 10.1. The van der Waals surface area contributed by atoms with Crippen molar-refractivity contribution >= 4 is 27.3 Å². The summed E-state index contributed by atoms with van der Waals surface area (Å²) in [6.07, 6.45) is 0.0109. The highest BCUT2D eigenvalue weighted by Gasteiger charge is 2.13. The van der Waals surface area contributed by atoms with Gasteiger partial charge in [0.05, 0.1) is 10.2 Å². The Balaban J connectivity index is 1.86. The number of carbonyl (C=O) groups excluding carboxylic acids is 1. The third kappa shape index (κ3) is 2.44. The Kier molecular flexibility index (Phi) is 3.28. The Hall–Kier alpha value is -2.14. The van der Waals surface area contributed by atoms with Crippen LogP contribution in [0.2, 0.25) is 0 Å². The minimum absolute atomic E-state index is 0.0109. The smallest absolute Gasteiger partial charge is 0.195 e. The number of nitrogens with zero attached hydrogens (tertiary/aromatic N) is 1. The second-order valence-electron chi connectivity index (χ2n) is 4.34. The van der Waals surface area contributed by atoms with Crippen LogP contribution in [0.3, 0.4) is 0 Å². The SMILES string of the molecule is O=C(Cc1ccc(F)c(F)c1)c1nc2ccccc2s1. The first-order valence-corrected chi connectivity index (χ1v) is 6.78. The molecule has 0 spiro atoms. The summed E-state index contributed by atoms with van der Waals surface area (Å²) in [6.45, 7) is 0. The van der Waals surface area contributed by atoms with E-state index >= 15 is 0 Å². The molecule has 2 nitrogen and oxygen atoms in total. The summed E-state index contributed by atoms with van der Waals surface area (Å²) >= 11 is 1.30. The number of aromatic nitrogens is 1. The van der Waals surface area contributed by atoms with Crippen LogP contribution in [0.4, 0.5) is 8.78 Å². The molecule has 0 aliphatic heterocycles. The summed E-state index contributed by atoms with van der Waals surface area (Å²) in [7, 11) is 0. The van der Waals surface area contributed by atoms with Crippen molar-refractivity contribution in [3.8, 4) is 0 Å². The van der Waals surface area contributed by atoms with E-state index in [-0.39, 0.29) is 12.2 Å². The molecule has 0 amide bonds. The summed E-state index contributed by atoms with van der Waals surface area (Å²) in [5.74, 6) is -2.06. The summed E-state index contributed by atoms with van der Waals surface area (Å²) in [5.41, 5.74) is 1.21. The first-order chi connectivity index (χ1) is 9.63. The minimum atomic E-state index is -0.945. The zero-order valence-corrected chi connectivity index (χ0v) is 11.1. The lowest BCUT2D eigenvalue weighted by molar-refractivity contribution is 0.0992. The largest absolute Gasteiger partial charge is 0.291 e. The van der Waals surface area contributed by atoms with Gasteiger partial charge in [0.1, 0.15) is 0 Å². The number of benzene rings is 2. The fraction of sp³-hybridized carbons (Fsp3) is 0.0667. The molecule has 0 aliphatic carbocycles. The van der Waals surface area contributed by atoms with E-state index in [4.69, 9.17) is 0 Å². The molecule has 0 fully saturated rings. The van der Waals surface area contributed by atoms with Crippen LogP contribution in [0.1, 0.15) is 15.4 Å². The van der Waals surface area contributed by atoms with Crippen molar-refractivity contribution in [1.82, 2.24) is 4.98 Å². The number of hydrogen-bond donors (Lipinski definition) is 0. The predicted molar refractivity (Wildman–Crippen MR) is 74.0 cm³/mol. The molecule has 3 rings (SSSR count). The molecule has 0 saturated heterocycles. The maximum absolute atomic E-state index is 13.1. The lowest BCUT2D eigenvalue weighted by Gasteiger charge is -1.99. The molecule has 0 unspecified atom stereocenters. The van der Waals surface area contributed by atoms with Gasteiger partial charge in [0.15, 0.2) is 22.4 Å². The van der Waals surface area contributed by atoms with E-state index < -0.39 is 11.6 Å². The van der Waals surface area contributed by atoms with Crippen molar-refractivity contribution in [2.24, 2.45) is 0 Å². The molecule has 1 aromatic heterocycles. The van der Waals surface area contributed by atoms with Gasteiger partial charge in [-0.25, -0.2) is 13.8 Å². The van der Waals surface area contributed by atoms with E-state index in [1.54, 1.807) is 0 Å². The Bertz CT molecular complexity index is 764. The predicted octanol–water partition coefficient (Wildman–Crippen LogP) is 4.00. The zero-order valence-electron chi connectivity index (χ0n) is 10.3. The van der Waals surface area contributed by atoms with E-state index in [2.05, 4.69) is 4.98 Å². The maximum atomic E-state index is 13.1.